The second kappa shape index (κ2) is 10.9. The second-order valence-electron chi connectivity index (χ2n) is 14.3. The van der Waals surface area contributed by atoms with E-state index in [1.165, 1.54) is 55.2 Å². The molecule has 0 radical (unpaired) electrons. The zero-order valence-electron chi connectivity index (χ0n) is 27.8. The van der Waals surface area contributed by atoms with E-state index in [9.17, 15) is 0 Å². The lowest BCUT2D eigenvalue weighted by Crippen LogP contribution is -2.24. The summed E-state index contributed by atoms with van der Waals surface area (Å²) in [7, 11) is 0. The van der Waals surface area contributed by atoms with Crippen molar-refractivity contribution in [1.82, 2.24) is 4.57 Å². The predicted molar refractivity (Wildman–Crippen MR) is 202 cm³/mol. The highest BCUT2D eigenvalue weighted by Gasteiger charge is 2.39. The van der Waals surface area contributed by atoms with Gasteiger partial charge in [-0.15, -0.1) is 0 Å². The molecule has 0 saturated heterocycles. The molecular formula is C45H40N2. The molecule has 0 amide bonds. The first-order valence-corrected chi connectivity index (χ1v) is 16.6. The minimum absolute atomic E-state index is 0.0516. The Balaban J connectivity index is 1.14. The van der Waals surface area contributed by atoms with Crippen LogP contribution in [0.3, 0.4) is 0 Å². The molecule has 6 aromatic carbocycles. The minimum Gasteiger partial charge on any atom is -0.335 e. The Bertz CT molecular complexity index is 2240. The number of para-hydroxylation sites is 3. The van der Waals surface area contributed by atoms with Crippen molar-refractivity contribution in [2.45, 2.75) is 45.6 Å². The number of hydrogen-bond donors (Lipinski definition) is 0. The molecule has 0 bridgehead atoms. The van der Waals surface area contributed by atoms with E-state index < -0.39 is 0 Å². The number of hydrogen-bond acceptors (Lipinski definition) is 1. The van der Waals surface area contributed by atoms with Gasteiger partial charge in [-0.3, -0.25) is 0 Å². The maximum Gasteiger partial charge on any atom is 0.0544 e. The molecule has 1 aliphatic carbocycles. The highest BCUT2D eigenvalue weighted by Crippen LogP contribution is 2.53. The van der Waals surface area contributed by atoms with Crippen molar-refractivity contribution in [1.29, 1.82) is 0 Å². The van der Waals surface area contributed by atoms with Crippen molar-refractivity contribution >= 4 is 51.0 Å². The topological polar surface area (TPSA) is 8.17 Å². The molecule has 47 heavy (non-hydrogen) atoms. The summed E-state index contributed by atoms with van der Waals surface area (Å²) in [6.07, 6.45) is 4.48. The van der Waals surface area contributed by atoms with Gasteiger partial charge in [0, 0.05) is 44.3 Å². The molecule has 0 aliphatic heterocycles. The maximum atomic E-state index is 2.57. The van der Waals surface area contributed by atoms with Gasteiger partial charge in [0.05, 0.1) is 5.52 Å². The molecule has 1 aliphatic rings. The molecule has 0 spiro atoms. The van der Waals surface area contributed by atoms with Crippen LogP contribution in [0.25, 0.3) is 45.1 Å². The first-order valence-electron chi connectivity index (χ1n) is 16.6. The average molecular weight is 609 g/mol. The van der Waals surface area contributed by atoms with E-state index in [1.54, 1.807) is 0 Å². The summed E-state index contributed by atoms with van der Waals surface area (Å²) < 4.78 is 2.57. The monoisotopic (exact) mass is 608 g/mol. The first kappa shape index (κ1) is 29.1. The van der Waals surface area contributed by atoms with Gasteiger partial charge in [0.1, 0.15) is 0 Å². The molecule has 1 heterocycles. The summed E-state index contributed by atoms with van der Waals surface area (Å²) in [5.74, 6) is 0. The highest BCUT2D eigenvalue weighted by molar-refractivity contribution is 6.12. The minimum atomic E-state index is -0.134. The molecule has 0 unspecified atom stereocenters. The van der Waals surface area contributed by atoms with Crippen LogP contribution >= 0.6 is 0 Å². The van der Waals surface area contributed by atoms with E-state index in [-0.39, 0.29) is 11.0 Å². The Kier molecular flexibility index (Phi) is 6.74. The smallest absolute Gasteiger partial charge is 0.0544 e. The van der Waals surface area contributed by atoms with E-state index in [2.05, 4.69) is 196 Å². The van der Waals surface area contributed by atoms with Crippen LogP contribution in [0.15, 0.2) is 140 Å². The summed E-state index contributed by atoms with van der Waals surface area (Å²) in [6, 6.07) is 50.5. The van der Waals surface area contributed by atoms with Crippen molar-refractivity contribution < 1.29 is 0 Å². The van der Waals surface area contributed by atoms with Crippen molar-refractivity contribution in [3.8, 4) is 11.1 Å². The molecule has 2 heteroatoms. The van der Waals surface area contributed by atoms with Crippen molar-refractivity contribution in [3.05, 3.63) is 162 Å². The van der Waals surface area contributed by atoms with Crippen molar-refractivity contribution in [2.24, 2.45) is 0 Å². The number of nitrogens with zero attached hydrogens (tertiary/aromatic N) is 2. The Morgan fingerprint density at radius 3 is 1.77 bits per heavy atom. The number of anilines is 3. The maximum absolute atomic E-state index is 2.57. The van der Waals surface area contributed by atoms with Crippen molar-refractivity contribution in [2.75, 3.05) is 4.90 Å². The highest BCUT2D eigenvalue weighted by atomic mass is 15.1. The molecular weight excluding hydrogens is 569 g/mol. The van der Waals surface area contributed by atoms with Crippen LogP contribution < -0.4 is 4.90 Å². The largest absolute Gasteiger partial charge is 0.335 e. The zero-order valence-corrected chi connectivity index (χ0v) is 27.8. The van der Waals surface area contributed by atoms with Gasteiger partial charge >= 0.3 is 0 Å². The average Bonchev–Trinajstić information content (AvgIpc) is 3.54. The Labute approximate surface area is 278 Å². The summed E-state index contributed by atoms with van der Waals surface area (Å²) in [4.78, 5) is 2.30. The SMILES string of the molecule is CC1(C)c2cc(C=Cc3ccc(N(c4ccccc4)c4ccccc4)cc3)ccc2-c2ccc3c4ccccc4n(C(C)(C)C)c3c21. The lowest BCUT2D eigenvalue weighted by Gasteiger charge is -2.29. The van der Waals surface area contributed by atoms with E-state index in [4.69, 9.17) is 0 Å². The Hall–Kier alpha value is -5.34. The number of benzene rings is 6. The summed E-state index contributed by atoms with van der Waals surface area (Å²) in [5.41, 5.74) is 13.8. The molecule has 230 valence electrons. The first-order chi connectivity index (χ1) is 22.7. The second-order valence-corrected chi connectivity index (χ2v) is 14.3. The quantitative estimate of drug-likeness (QED) is 0.177. The molecule has 7 aromatic rings. The van der Waals surface area contributed by atoms with E-state index >= 15 is 0 Å². The molecule has 0 N–H and O–H groups in total. The van der Waals surface area contributed by atoms with Gasteiger partial charge in [0.25, 0.3) is 0 Å². The van der Waals surface area contributed by atoms with Gasteiger partial charge in [0.15, 0.2) is 0 Å². The Morgan fingerprint density at radius 1 is 0.553 bits per heavy atom. The van der Waals surface area contributed by atoms with Crippen LogP contribution in [-0.2, 0) is 11.0 Å². The Morgan fingerprint density at radius 2 is 1.11 bits per heavy atom. The van der Waals surface area contributed by atoms with E-state index in [0.29, 0.717) is 0 Å². The molecule has 0 saturated carbocycles. The van der Waals surface area contributed by atoms with Crippen LogP contribution in [0, 0.1) is 0 Å². The van der Waals surface area contributed by atoms with Crippen LogP contribution in [0.1, 0.15) is 56.9 Å². The number of aromatic nitrogens is 1. The summed E-state index contributed by atoms with van der Waals surface area (Å²) in [6.45, 7) is 11.8. The predicted octanol–water partition coefficient (Wildman–Crippen LogP) is 12.5. The molecule has 1 aromatic heterocycles. The van der Waals surface area contributed by atoms with E-state index in [1.807, 2.05) is 0 Å². The molecule has 2 nitrogen and oxygen atoms in total. The third-order valence-corrected chi connectivity index (χ3v) is 9.79. The number of rotatable bonds is 5. The van der Waals surface area contributed by atoms with Crippen LogP contribution in [-0.4, -0.2) is 4.57 Å². The van der Waals surface area contributed by atoms with Gasteiger partial charge in [0.2, 0.25) is 0 Å². The van der Waals surface area contributed by atoms with Crippen molar-refractivity contribution in [3.63, 3.8) is 0 Å². The normalized spacial score (nSPS) is 13.7. The van der Waals surface area contributed by atoms with Gasteiger partial charge in [-0.25, -0.2) is 0 Å². The van der Waals surface area contributed by atoms with Crippen LogP contribution in [0.5, 0.6) is 0 Å². The molecule has 0 fully saturated rings. The van der Waals surface area contributed by atoms with Crippen LogP contribution in [0.2, 0.25) is 0 Å². The lowest BCUT2D eigenvalue weighted by molar-refractivity contribution is 0.421. The fourth-order valence-corrected chi connectivity index (χ4v) is 7.69. The summed E-state index contributed by atoms with van der Waals surface area (Å²) >= 11 is 0. The number of fused-ring (bicyclic) bond motifs is 7. The van der Waals surface area contributed by atoms with E-state index in [0.717, 1.165) is 17.1 Å². The van der Waals surface area contributed by atoms with Gasteiger partial charge < -0.3 is 9.47 Å². The fourth-order valence-electron chi connectivity index (χ4n) is 7.69. The fraction of sp³-hybridized carbons (Fsp3) is 0.156. The third-order valence-electron chi connectivity index (χ3n) is 9.79. The van der Waals surface area contributed by atoms with Crippen LogP contribution in [0.4, 0.5) is 17.1 Å². The standard InChI is InChI=1S/C45H40N2/c1-44(2,3)47-41-19-13-12-18-37(41)39-29-28-38-36-27-24-32(30-40(36)45(4,5)42(38)43(39)47)21-20-31-22-25-35(26-23-31)46(33-14-8-6-9-15-33)34-16-10-7-11-17-34/h6-30H,1-5H3. The molecule has 8 rings (SSSR count). The lowest BCUT2D eigenvalue weighted by atomic mass is 9.81. The summed E-state index contributed by atoms with van der Waals surface area (Å²) in [5, 5.41) is 2.68. The van der Waals surface area contributed by atoms with Gasteiger partial charge in [-0.2, -0.15) is 0 Å². The van der Waals surface area contributed by atoms with Gasteiger partial charge in [-0.1, -0.05) is 123 Å². The third kappa shape index (κ3) is 4.79. The van der Waals surface area contributed by atoms with Gasteiger partial charge in [-0.05, 0) is 96.6 Å². The zero-order chi connectivity index (χ0) is 32.3. The molecule has 0 atom stereocenters.